The zero-order valence-corrected chi connectivity index (χ0v) is 14.6. The molecule has 0 fully saturated rings. The van der Waals surface area contributed by atoms with E-state index in [1.165, 1.54) is 0 Å². The van der Waals surface area contributed by atoms with Crippen LogP contribution >= 0.6 is 11.6 Å². The van der Waals surface area contributed by atoms with E-state index in [1.54, 1.807) is 18.6 Å². The highest BCUT2D eigenvalue weighted by Gasteiger charge is 2.20. The van der Waals surface area contributed by atoms with Gasteiger partial charge in [-0.05, 0) is 42.0 Å². The number of phenols is 1. The van der Waals surface area contributed by atoms with Gasteiger partial charge in [-0.25, -0.2) is 0 Å². The summed E-state index contributed by atoms with van der Waals surface area (Å²) in [6, 6.07) is 18.7. The van der Waals surface area contributed by atoms with E-state index in [-0.39, 0.29) is 11.8 Å². The lowest BCUT2D eigenvalue weighted by Gasteiger charge is -2.22. The quantitative estimate of drug-likeness (QED) is 0.525. The zero-order chi connectivity index (χ0) is 17.9. The lowest BCUT2D eigenvalue weighted by molar-refractivity contribution is 0.471. The van der Waals surface area contributed by atoms with Crippen LogP contribution in [0.25, 0.3) is 10.9 Å². The van der Waals surface area contributed by atoms with Gasteiger partial charge in [0.25, 0.3) is 0 Å². The first-order valence-electron chi connectivity index (χ1n) is 8.21. The van der Waals surface area contributed by atoms with Crippen molar-refractivity contribution in [3.8, 4) is 5.75 Å². The third kappa shape index (κ3) is 3.19. The fraction of sp³-hybridized carbons (Fsp3) is 0.0476. The van der Waals surface area contributed by atoms with Crippen LogP contribution in [-0.4, -0.2) is 15.1 Å². The van der Waals surface area contributed by atoms with Crippen LogP contribution in [0.1, 0.15) is 17.2 Å². The number of hydrogen-bond acceptors (Lipinski definition) is 4. The molecule has 2 aromatic carbocycles. The van der Waals surface area contributed by atoms with Gasteiger partial charge in [0.15, 0.2) is 0 Å². The van der Waals surface area contributed by atoms with Crippen molar-refractivity contribution in [3.63, 3.8) is 0 Å². The molecule has 4 nitrogen and oxygen atoms in total. The van der Waals surface area contributed by atoms with E-state index in [0.29, 0.717) is 10.5 Å². The largest absolute Gasteiger partial charge is 0.505 e. The summed E-state index contributed by atoms with van der Waals surface area (Å²) in [6.45, 7) is 0. The van der Waals surface area contributed by atoms with E-state index in [2.05, 4.69) is 15.3 Å². The lowest BCUT2D eigenvalue weighted by atomic mass is 9.97. The van der Waals surface area contributed by atoms with Crippen LogP contribution in [-0.2, 0) is 0 Å². The summed E-state index contributed by atoms with van der Waals surface area (Å²) in [5.74, 6) is 0.165. The molecule has 2 N–H and O–H groups in total. The van der Waals surface area contributed by atoms with Crippen LogP contribution in [0.5, 0.6) is 5.75 Å². The number of aromatic nitrogens is 2. The van der Waals surface area contributed by atoms with Crippen molar-refractivity contribution in [3.05, 3.63) is 95.4 Å². The molecule has 5 heteroatoms. The lowest BCUT2D eigenvalue weighted by Crippen LogP contribution is -2.13. The van der Waals surface area contributed by atoms with Crippen molar-refractivity contribution in [1.29, 1.82) is 0 Å². The van der Waals surface area contributed by atoms with Gasteiger partial charge in [0, 0.05) is 40.3 Å². The highest BCUT2D eigenvalue weighted by atomic mass is 35.5. The third-order valence-corrected chi connectivity index (χ3v) is 4.52. The average molecular weight is 362 g/mol. The SMILES string of the molecule is Oc1c([C@@H](Nc2ccc(Cl)cc2)c2cccnc2)ccc2cccnc12. The molecule has 4 aromatic rings. The number of phenolic OH excluding ortho intramolecular Hbond substituents is 1. The minimum atomic E-state index is -0.281. The Balaban J connectivity index is 1.83. The second-order valence-electron chi connectivity index (χ2n) is 5.95. The molecule has 1 atom stereocenters. The highest BCUT2D eigenvalue weighted by molar-refractivity contribution is 6.30. The first-order chi connectivity index (χ1) is 12.7. The first kappa shape index (κ1) is 16.4. The summed E-state index contributed by atoms with van der Waals surface area (Å²) >= 11 is 5.99. The van der Waals surface area contributed by atoms with Crippen molar-refractivity contribution in [2.75, 3.05) is 5.32 Å². The summed E-state index contributed by atoms with van der Waals surface area (Å²) < 4.78 is 0. The molecule has 0 saturated heterocycles. The molecule has 0 aliphatic heterocycles. The van der Waals surface area contributed by atoms with Crippen LogP contribution in [0.2, 0.25) is 5.02 Å². The predicted octanol–water partition coefficient (Wildman–Crippen LogP) is 5.19. The third-order valence-electron chi connectivity index (χ3n) is 4.26. The molecule has 0 radical (unpaired) electrons. The first-order valence-corrected chi connectivity index (χ1v) is 8.59. The number of fused-ring (bicyclic) bond motifs is 1. The summed E-state index contributed by atoms with van der Waals surface area (Å²) in [6.07, 6.45) is 5.19. The molecule has 4 rings (SSSR count). The summed E-state index contributed by atoms with van der Waals surface area (Å²) in [7, 11) is 0. The zero-order valence-electron chi connectivity index (χ0n) is 13.8. The molecule has 2 heterocycles. The molecule has 2 aromatic heterocycles. The molecule has 26 heavy (non-hydrogen) atoms. The fourth-order valence-electron chi connectivity index (χ4n) is 2.98. The smallest absolute Gasteiger partial charge is 0.147 e. The maximum atomic E-state index is 10.9. The Labute approximate surface area is 156 Å². The van der Waals surface area contributed by atoms with Gasteiger partial charge in [0.2, 0.25) is 0 Å². The second-order valence-corrected chi connectivity index (χ2v) is 6.39. The Kier molecular flexibility index (Phi) is 4.42. The Morgan fingerprint density at radius 1 is 0.923 bits per heavy atom. The van der Waals surface area contributed by atoms with Gasteiger partial charge >= 0.3 is 0 Å². The molecule has 0 aliphatic rings. The van der Waals surface area contributed by atoms with E-state index in [9.17, 15) is 5.11 Å². The van der Waals surface area contributed by atoms with Crippen LogP contribution in [0.3, 0.4) is 0 Å². The molecule has 0 saturated carbocycles. The van der Waals surface area contributed by atoms with Gasteiger partial charge in [-0.1, -0.05) is 35.9 Å². The molecule has 0 amide bonds. The summed E-state index contributed by atoms with van der Waals surface area (Å²) in [5.41, 5.74) is 3.15. The maximum absolute atomic E-state index is 10.9. The van der Waals surface area contributed by atoms with Gasteiger partial charge in [0.1, 0.15) is 11.3 Å². The van der Waals surface area contributed by atoms with Crippen LogP contribution in [0.4, 0.5) is 5.69 Å². The topological polar surface area (TPSA) is 58.0 Å². The van der Waals surface area contributed by atoms with E-state index in [1.807, 2.05) is 60.7 Å². The molecule has 128 valence electrons. The number of nitrogens with one attached hydrogen (secondary N) is 1. The van der Waals surface area contributed by atoms with Gasteiger partial charge in [0.05, 0.1) is 6.04 Å². The van der Waals surface area contributed by atoms with Crippen LogP contribution < -0.4 is 5.32 Å². The van der Waals surface area contributed by atoms with Crippen molar-refractivity contribution in [1.82, 2.24) is 9.97 Å². The fourth-order valence-corrected chi connectivity index (χ4v) is 3.10. The molecule has 0 unspecified atom stereocenters. The molecule has 0 bridgehead atoms. The van der Waals surface area contributed by atoms with E-state index in [4.69, 9.17) is 11.6 Å². The summed E-state index contributed by atoms with van der Waals surface area (Å²) in [4.78, 5) is 8.55. The van der Waals surface area contributed by atoms with Crippen LogP contribution in [0.15, 0.2) is 79.3 Å². The van der Waals surface area contributed by atoms with Crippen LogP contribution in [0, 0.1) is 0 Å². The average Bonchev–Trinajstić information content (AvgIpc) is 2.69. The van der Waals surface area contributed by atoms with E-state index >= 15 is 0 Å². The van der Waals surface area contributed by atoms with Gasteiger partial charge < -0.3 is 10.4 Å². The summed E-state index contributed by atoms with van der Waals surface area (Å²) in [5, 5.41) is 15.9. The second kappa shape index (κ2) is 7.02. The Hall–Kier alpha value is -3.11. The minimum Gasteiger partial charge on any atom is -0.505 e. The maximum Gasteiger partial charge on any atom is 0.147 e. The molecular formula is C21H16ClN3O. The van der Waals surface area contributed by atoms with Crippen molar-refractivity contribution in [2.24, 2.45) is 0 Å². The molecular weight excluding hydrogens is 346 g/mol. The number of halogens is 1. The van der Waals surface area contributed by atoms with E-state index in [0.717, 1.165) is 22.2 Å². The highest BCUT2D eigenvalue weighted by Crippen LogP contribution is 2.36. The Morgan fingerprint density at radius 3 is 2.50 bits per heavy atom. The minimum absolute atomic E-state index is 0.165. The Morgan fingerprint density at radius 2 is 1.73 bits per heavy atom. The number of hydrogen-bond donors (Lipinski definition) is 2. The number of benzene rings is 2. The van der Waals surface area contributed by atoms with Gasteiger partial charge in [-0.15, -0.1) is 0 Å². The monoisotopic (exact) mass is 361 g/mol. The number of anilines is 1. The predicted molar refractivity (Wildman–Crippen MR) is 105 cm³/mol. The van der Waals surface area contributed by atoms with Crippen molar-refractivity contribution >= 4 is 28.2 Å². The number of rotatable bonds is 4. The standard InChI is InChI=1S/C21H16ClN3O/c22-16-6-8-17(9-7-16)25-19(15-4-1-11-23-13-15)18-10-5-14-3-2-12-24-20(14)21(18)26/h1-13,19,25-26H/t19-/m0/s1. The number of aromatic hydroxyl groups is 1. The number of nitrogens with zero attached hydrogens (tertiary/aromatic N) is 2. The van der Waals surface area contributed by atoms with E-state index < -0.39 is 0 Å². The van der Waals surface area contributed by atoms with Gasteiger partial charge in [-0.3, -0.25) is 9.97 Å². The molecule has 0 spiro atoms. The number of pyridine rings is 2. The van der Waals surface area contributed by atoms with Crippen molar-refractivity contribution < 1.29 is 5.11 Å². The molecule has 0 aliphatic carbocycles. The Bertz CT molecular complexity index is 1040. The van der Waals surface area contributed by atoms with Crippen molar-refractivity contribution in [2.45, 2.75) is 6.04 Å². The normalized spacial score (nSPS) is 12.0. The van der Waals surface area contributed by atoms with Gasteiger partial charge in [-0.2, -0.15) is 0 Å².